The Kier molecular flexibility index (Phi) is 7.65. The fraction of sp³-hybridized carbons (Fsp3) is 0.567. The molecule has 5 rings (SSSR count). The summed E-state index contributed by atoms with van der Waals surface area (Å²) in [6.45, 7) is 6.08. The van der Waals surface area contributed by atoms with Crippen LogP contribution in [-0.4, -0.2) is 70.8 Å². The summed E-state index contributed by atoms with van der Waals surface area (Å²) < 4.78 is 12.6. The summed E-state index contributed by atoms with van der Waals surface area (Å²) in [6.07, 6.45) is 9.81. The summed E-state index contributed by atoms with van der Waals surface area (Å²) in [4.78, 5) is 45.8. The number of ether oxygens (including phenoxy) is 2. The molecule has 1 spiro atoms. The smallest absolute Gasteiger partial charge is 0.313 e. The normalized spacial score (nSPS) is 34.0. The number of fused-ring (bicyclic) bond motifs is 2. The lowest BCUT2D eigenvalue weighted by molar-refractivity contribution is -0.161. The van der Waals surface area contributed by atoms with Crippen LogP contribution >= 0.6 is 11.6 Å². The molecule has 0 aromatic heterocycles. The highest BCUT2D eigenvalue weighted by atomic mass is 35.5. The van der Waals surface area contributed by atoms with Gasteiger partial charge in [0.25, 0.3) is 5.91 Å². The number of cyclic esters (lactones) is 1. The van der Waals surface area contributed by atoms with Gasteiger partial charge in [0.1, 0.15) is 23.2 Å². The first-order valence-corrected chi connectivity index (χ1v) is 14.3. The van der Waals surface area contributed by atoms with Crippen molar-refractivity contribution in [2.45, 2.75) is 69.7 Å². The van der Waals surface area contributed by atoms with Gasteiger partial charge in [0, 0.05) is 6.54 Å². The number of amides is 2. The lowest BCUT2D eigenvalue weighted by Gasteiger charge is -2.41. The predicted molar refractivity (Wildman–Crippen MR) is 147 cm³/mol. The van der Waals surface area contributed by atoms with E-state index >= 15 is 0 Å². The van der Waals surface area contributed by atoms with E-state index in [1.165, 1.54) is 4.90 Å². The van der Waals surface area contributed by atoms with Crippen molar-refractivity contribution in [3.63, 3.8) is 0 Å². The van der Waals surface area contributed by atoms with Crippen LogP contribution in [-0.2, 0) is 23.9 Å². The highest BCUT2D eigenvalue weighted by Gasteiger charge is 2.76. The molecule has 0 bridgehead atoms. The highest BCUT2D eigenvalue weighted by Crippen LogP contribution is 2.59. The summed E-state index contributed by atoms with van der Waals surface area (Å²) >= 11 is 6.53. The SMILES string of the molecule is CC[C@]12/C=C\CCCOC(=O)[C@H]1[C@H]1C(=O)N([C@@H](CO)CC(C)C)C3C(=O)N(c4ccccc4Cl)CC=C[C@@]31O2. The number of nitrogens with zero attached hydrogens (tertiary/aromatic N) is 2. The van der Waals surface area contributed by atoms with Crippen molar-refractivity contribution in [2.75, 3.05) is 24.7 Å². The second-order valence-corrected chi connectivity index (χ2v) is 11.8. The van der Waals surface area contributed by atoms with E-state index in [4.69, 9.17) is 21.1 Å². The second kappa shape index (κ2) is 10.7. The fourth-order valence-electron chi connectivity index (χ4n) is 6.91. The third-order valence-electron chi connectivity index (χ3n) is 8.56. The van der Waals surface area contributed by atoms with E-state index in [0.29, 0.717) is 36.4 Å². The minimum atomic E-state index is -1.42. The molecule has 2 fully saturated rings. The van der Waals surface area contributed by atoms with Gasteiger partial charge >= 0.3 is 5.97 Å². The summed E-state index contributed by atoms with van der Waals surface area (Å²) in [5.41, 5.74) is -2.00. The molecule has 4 aliphatic heterocycles. The molecule has 2 saturated heterocycles. The lowest BCUT2D eigenvalue weighted by atomic mass is 9.73. The molecule has 1 unspecified atom stereocenters. The average Bonchev–Trinajstić information content (AvgIpc) is 3.29. The minimum Gasteiger partial charge on any atom is -0.465 e. The topological polar surface area (TPSA) is 96.4 Å². The van der Waals surface area contributed by atoms with Crippen LogP contribution in [0.25, 0.3) is 0 Å². The van der Waals surface area contributed by atoms with Gasteiger partial charge in [-0.1, -0.05) is 68.8 Å². The third kappa shape index (κ3) is 4.41. The van der Waals surface area contributed by atoms with Crippen LogP contribution in [0, 0.1) is 17.8 Å². The maximum Gasteiger partial charge on any atom is 0.313 e. The first-order valence-electron chi connectivity index (χ1n) is 13.9. The van der Waals surface area contributed by atoms with Gasteiger partial charge in [0.2, 0.25) is 5.91 Å². The number of hydrogen-bond acceptors (Lipinski definition) is 6. The molecule has 4 aliphatic rings. The van der Waals surface area contributed by atoms with E-state index in [1.807, 2.05) is 39.0 Å². The minimum absolute atomic E-state index is 0.149. The van der Waals surface area contributed by atoms with Gasteiger partial charge in [-0.15, -0.1) is 0 Å². The van der Waals surface area contributed by atoms with Crippen molar-refractivity contribution >= 4 is 35.1 Å². The lowest BCUT2D eigenvalue weighted by Crippen LogP contribution is -2.59. The molecule has 0 radical (unpaired) electrons. The number of carbonyl (C=O) groups excluding carboxylic acids is 3. The predicted octanol–water partition coefficient (Wildman–Crippen LogP) is 3.90. The average molecular weight is 557 g/mol. The van der Waals surface area contributed by atoms with Crippen molar-refractivity contribution in [3.05, 3.63) is 53.6 Å². The molecule has 1 aromatic carbocycles. The van der Waals surface area contributed by atoms with Gasteiger partial charge in [-0.3, -0.25) is 14.4 Å². The molecule has 2 amide bonds. The highest BCUT2D eigenvalue weighted by molar-refractivity contribution is 6.34. The molecular formula is C30H37ClN2O6. The van der Waals surface area contributed by atoms with Gasteiger partial charge in [-0.2, -0.15) is 0 Å². The maximum absolute atomic E-state index is 14.6. The van der Waals surface area contributed by atoms with Gasteiger partial charge in [0.15, 0.2) is 0 Å². The number of carbonyl (C=O) groups is 3. The zero-order chi connectivity index (χ0) is 27.9. The van der Waals surface area contributed by atoms with Gasteiger partial charge in [-0.25, -0.2) is 0 Å². The molecule has 0 aliphatic carbocycles. The second-order valence-electron chi connectivity index (χ2n) is 11.3. The Hall–Kier alpha value is -2.68. The monoisotopic (exact) mass is 556 g/mol. The molecule has 8 nitrogen and oxygen atoms in total. The van der Waals surface area contributed by atoms with Crippen molar-refractivity contribution in [1.82, 2.24) is 4.90 Å². The van der Waals surface area contributed by atoms with Crippen molar-refractivity contribution in [3.8, 4) is 0 Å². The van der Waals surface area contributed by atoms with E-state index in [9.17, 15) is 19.5 Å². The van der Waals surface area contributed by atoms with E-state index < -0.39 is 41.1 Å². The van der Waals surface area contributed by atoms with Crippen LogP contribution < -0.4 is 4.90 Å². The summed E-state index contributed by atoms with van der Waals surface area (Å²) in [6, 6.07) is 5.35. The molecular weight excluding hydrogens is 520 g/mol. The number of hydrogen-bond donors (Lipinski definition) is 1. The maximum atomic E-state index is 14.6. The number of aliphatic hydroxyl groups is 1. The van der Waals surface area contributed by atoms with Crippen LogP contribution in [0.4, 0.5) is 5.69 Å². The number of likely N-dealkylation sites (tertiary alicyclic amines) is 1. The molecule has 0 saturated carbocycles. The number of anilines is 1. The molecule has 9 heteroatoms. The zero-order valence-electron chi connectivity index (χ0n) is 22.7. The summed E-state index contributed by atoms with van der Waals surface area (Å²) in [7, 11) is 0. The Balaban J connectivity index is 1.71. The van der Waals surface area contributed by atoms with Crippen LogP contribution in [0.2, 0.25) is 5.02 Å². The molecule has 4 heterocycles. The quantitative estimate of drug-likeness (QED) is 0.422. The Morgan fingerprint density at radius 2 is 1.87 bits per heavy atom. The van der Waals surface area contributed by atoms with E-state index in [0.717, 1.165) is 0 Å². The Bertz CT molecular complexity index is 1200. The Morgan fingerprint density at radius 1 is 1.10 bits per heavy atom. The molecule has 6 atom stereocenters. The van der Waals surface area contributed by atoms with Crippen molar-refractivity contribution < 1.29 is 29.0 Å². The molecule has 210 valence electrons. The fourth-order valence-corrected chi connectivity index (χ4v) is 7.15. The largest absolute Gasteiger partial charge is 0.465 e. The number of benzene rings is 1. The summed E-state index contributed by atoms with van der Waals surface area (Å²) in [5, 5.41) is 10.9. The van der Waals surface area contributed by atoms with Crippen LogP contribution in [0.15, 0.2) is 48.6 Å². The first-order chi connectivity index (χ1) is 18.7. The van der Waals surface area contributed by atoms with Crippen LogP contribution in [0.3, 0.4) is 0 Å². The van der Waals surface area contributed by atoms with Crippen LogP contribution in [0.1, 0.15) is 46.5 Å². The van der Waals surface area contributed by atoms with Gasteiger partial charge < -0.3 is 24.4 Å². The van der Waals surface area contributed by atoms with Gasteiger partial charge in [-0.05, 0) is 43.7 Å². The van der Waals surface area contributed by atoms with Crippen molar-refractivity contribution in [1.29, 1.82) is 0 Å². The number of aliphatic hydroxyl groups excluding tert-OH is 1. The van der Waals surface area contributed by atoms with Gasteiger partial charge in [0.05, 0.1) is 35.9 Å². The van der Waals surface area contributed by atoms with E-state index in [2.05, 4.69) is 0 Å². The van der Waals surface area contributed by atoms with Crippen LogP contribution in [0.5, 0.6) is 0 Å². The van der Waals surface area contributed by atoms with E-state index in [1.54, 1.807) is 35.2 Å². The molecule has 1 N–H and O–H groups in total. The molecule has 39 heavy (non-hydrogen) atoms. The Labute approximate surface area is 234 Å². The van der Waals surface area contributed by atoms with Crippen molar-refractivity contribution in [2.24, 2.45) is 17.8 Å². The summed E-state index contributed by atoms with van der Waals surface area (Å²) in [5.74, 6) is -2.98. The standard InChI is InChI=1S/C30H37ClN2O6/c1-4-29-13-8-5-9-16-38-28(37)24(29)23-26(35)33(20(18-34)17-19(2)3)25-27(36)32(15-10-14-30(23,25)39-29)22-12-7-6-11-21(22)31/h6-8,10-14,19-20,23-25,34H,4-5,9,15-18H2,1-3H3/b13-8-/t20-,23+,24-,25?,29+,30+/m1/s1. The first kappa shape index (κ1) is 27.9. The zero-order valence-corrected chi connectivity index (χ0v) is 23.5. The number of esters is 1. The third-order valence-corrected chi connectivity index (χ3v) is 8.88. The number of para-hydroxylation sites is 1. The Morgan fingerprint density at radius 3 is 2.56 bits per heavy atom. The number of halogens is 1. The number of allylic oxidation sites excluding steroid dienone is 1. The van der Waals surface area contributed by atoms with E-state index in [-0.39, 0.29) is 37.5 Å². The number of rotatable bonds is 6. The molecule has 1 aromatic rings.